The molecule has 1 amide bonds. The molecule has 1 aliphatic rings. The average molecular weight is 322 g/mol. The Labute approximate surface area is 135 Å². The summed E-state index contributed by atoms with van der Waals surface area (Å²) in [5.41, 5.74) is 8.46. The highest BCUT2D eigenvalue weighted by molar-refractivity contribution is 5.95. The Morgan fingerprint density at radius 3 is 2.86 bits per heavy atom. The maximum atomic E-state index is 12.2. The quantitative estimate of drug-likeness (QED) is 0.873. The summed E-state index contributed by atoms with van der Waals surface area (Å²) in [5.74, 6) is 0.509. The Bertz CT molecular complexity index is 639. The average Bonchev–Trinajstić information content (AvgIpc) is 3.19. The van der Waals surface area contributed by atoms with Crippen LogP contribution in [0.25, 0.3) is 5.69 Å². The molecule has 22 heavy (non-hydrogen) atoms. The molecule has 1 saturated carbocycles. The van der Waals surface area contributed by atoms with E-state index in [1.165, 1.54) is 19.2 Å². The fourth-order valence-corrected chi connectivity index (χ4v) is 2.38. The normalized spacial score (nSPS) is 15.0. The van der Waals surface area contributed by atoms with Gasteiger partial charge in [-0.25, -0.2) is 9.67 Å². The van der Waals surface area contributed by atoms with Gasteiger partial charge in [0.1, 0.15) is 12.7 Å². The second-order valence-corrected chi connectivity index (χ2v) is 5.55. The lowest BCUT2D eigenvalue weighted by Crippen LogP contribution is -2.38. The Morgan fingerprint density at radius 2 is 2.27 bits per heavy atom. The minimum atomic E-state index is -0.0752. The Morgan fingerprint density at radius 1 is 1.50 bits per heavy atom. The highest BCUT2D eigenvalue weighted by atomic mass is 35.5. The lowest BCUT2D eigenvalue weighted by atomic mass is 10.1. The number of halogens is 1. The van der Waals surface area contributed by atoms with Crippen LogP contribution >= 0.6 is 12.4 Å². The molecule has 1 aromatic carbocycles. The van der Waals surface area contributed by atoms with Crippen molar-refractivity contribution in [2.75, 3.05) is 6.54 Å². The zero-order valence-electron chi connectivity index (χ0n) is 12.4. The molecule has 0 aliphatic heterocycles. The number of nitrogens with two attached hydrogens (primary N) is 1. The number of hydrogen-bond acceptors (Lipinski definition) is 4. The number of carbonyl (C=O) groups excluding carboxylic acids is 1. The number of nitrogens with zero attached hydrogens (tertiary/aromatic N) is 3. The molecule has 1 unspecified atom stereocenters. The van der Waals surface area contributed by atoms with Gasteiger partial charge in [0.2, 0.25) is 0 Å². The van der Waals surface area contributed by atoms with E-state index in [0.717, 1.165) is 11.3 Å². The molecule has 6 nitrogen and oxygen atoms in total. The number of amides is 1. The van der Waals surface area contributed by atoms with E-state index in [1.54, 1.807) is 11.0 Å². The molecule has 1 heterocycles. The smallest absolute Gasteiger partial charge is 0.251 e. The van der Waals surface area contributed by atoms with Crippen molar-refractivity contribution in [1.29, 1.82) is 0 Å². The molecule has 118 valence electrons. The summed E-state index contributed by atoms with van der Waals surface area (Å²) in [6, 6.07) is 5.66. The van der Waals surface area contributed by atoms with Crippen molar-refractivity contribution >= 4 is 18.3 Å². The highest BCUT2D eigenvalue weighted by Crippen LogP contribution is 2.31. The van der Waals surface area contributed by atoms with Gasteiger partial charge in [0.25, 0.3) is 5.91 Å². The van der Waals surface area contributed by atoms with Gasteiger partial charge in [0, 0.05) is 18.2 Å². The summed E-state index contributed by atoms with van der Waals surface area (Å²) in [7, 11) is 0. The topological polar surface area (TPSA) is 85.8 Å². The van der Waals surface area contributed by atoms with Crippen molar-refractivity contribution in [1.82, 2.24) is 20.1 Å². The fraction of sp³-hybridized carbons (Fsp3) is 0.400. The van der Waals surface area contributed by atoms with Crippen molar-refractivity contribution in [3.05, 3.63) is 42.0 Å². The summed E-state index contributed by atoms with van der Waals surface area (Å²) in [4.78, 5) is 16.1. The van der Waals surface area contributed by atoms with E-state index in [9.17, 15) is 4.79 Å². The van der Waals surface area contributed by atoms with Crippen molar-refractivity contribution in [3.63, 3.8) is 0 Å². The molecule has 3 rings (SSSR count). The third kappa shape index (κ3) is 3.64. The van der Waals surface area contributed by atoms with E-state index in [1.807, 2.05) is 25.1 Å². The second kappa shape index (κ2) is 6.89. The maximum Gasteiger partial charge on any atom is 0.251 e. The molecule has 3 N–H and O–H groups in total. The van der Waals surface area contributed by atoms with Crippen LogP contribution in [0.1, 0.15) is 28.8 Å². The lowest BCUT2D eigenvalue weighted by Gasteiger charge is -2.13. The first-order valence-electron chi connectivity index (χ1n) is 7.14. The molecule has 1 fully saturated rings. The van der Waals surface area contributed by atoms with Gasteiger partial charge in [-0.1, -0.05) is 0 Å². The summed E-state index contributed by atoms with van der Waals surface area (Å²) < 4.78 is 1.66. The van der Waals surface area contributed by atoms with E-state index in [-0.39, 0.29) is 24.4 Å². The first-order chi connectivity index (χ1) is 10.1. The molecule has 1 atom stereocenters. The van der Waals surface area contributed by atoms with Gasteiger partial charge in [-0.15, -0.1) is 12.4 Å². The van der Waals surface area contributed by atoms with E-state index in [2.05, 4.69) is 15.4 Å². The van der Waals surface area contributed by atoms with Crippen molar-refractivity contribution < 1.29 is 4.79 Å². The second-order valence-electron chi connectivity index (χ2n) is 5.55. The zero-order chi connectivity index (χ0) is 14.8. The first kappa shape index (κ1) is 16.5. The third-order valence-electron chi connectivity index (χ3n) is 3.86. The number of rotatable bonds is 5. The molecular weight excluding hydrogens is 302 g/mol. The molecule has 1 aromatic heterocycles. The minimum Gasteiger partial charge on any atom is -0.350 e. The van der Waals surface area contributed by atoms with Gasteiger partial charge in [-0.05, 0) is 49.4 Å². The Balaban J connectivity index is 0.00000176. The Kier molecular flexibility index (Phi) is 5.15. The molecule has 0 spiro atoms. The zero-order valence-corrected chi connectivity index (χ0v) is 13.2. The van der Waals surface area contributed by atoms with Crippen LogP contribution in [0.5, 0.6) is 0 Å². The third-order valence-corrected chi connectivity index (χ3v) is 3.86. The largest absolute Gasteiger partial charge is 0.350 e. The SMILES string of the molecule is Cc1cc(-n2cncn2)ccc1C(=O)NCC(N)C1CC1.Cl. The molecule has 1 aliphatic carbocycles. The summed E-state index contributed by atoms with van der Waals surface area (Å²) in [5, 5.41) is 6.99. The van der Waals surface area contributed by atoms with Crippen LogP contribution in [0.15, 0.2) is 30.9 Å². The standard InChI is InChI=1S/C15H19N5O.ClH/c1-10-6-12(20-9-17-8-19-20)4-5-13(10)15(21)18-7-14(16)11-2-3-11;/h4-6,8-9,11,14H,2-3,7,16H2,1H3,(H,18,21);1H. The van der Waals surface area contributed by atoms with Gasteiger partial charge < -0.3 is 11.1 Å². The molecule has 0 bridgehead atoms. The van der Waals surface area contributed by atoms with Crippen LogP contribution in [-0.2, 0) is 0 Å². The van der Waals surface area contributed by atoms with Gasteiger partial charge in [0.05, 0.1) is 5.69 Å². The van der Waals surface area contributed by atoms with Crippen LogP contribution in [0, 0.1) is 12.8 Å². The number of aromatic nitrogens is 3. The van der Waals surface area contributed by atoms with Crippen LogP contribution < -0.4 is 11.1 Å². The molecule has 0 radical (unpaired) electrons. The summed E-state index contributed by atoms with van der Waals surface area (Å²) >= 11 is 0. The summed E-state index contributed by atoms with van der Waals surface area (Å²) in [6.07, 6.45) is 5.48. The number of nitrogens with one attached hydrogen (secondary N) is 1. The maximum absolute atomic E-state index is 12.2. The van der Waals surface area contributed by atoms with Crippen LogP contribution in [0.4, 0.5) is 0 Å². The van der Waals surface area contributed by atoms with E-state index < -0.39 is 0 Å². The van der Waals surface area contributed by atoms with Gasteiger partial charge in [-0.2, -0.15) is 5.10 Å². The van der Waals surface area contributed by atoms with Crippen LogP contribution in [-0.4, -0.2) is 33.3 Å². The molecule has 0 saturated heterocycles. The highest BCUT2D eigenvalue weighted by Gasteiger charge is 2.28. The van der Waals surface area contributed by atoms with E-state index >= 15 is 0 Å². The lowest BCUT2D eigenvalue weighted by molar-refractivity contribution is 0.0949. The van der Waals surface area contributed by atoms with Crippen LogP contribution in [0.2, 0.25) is 0 Å². The van der Waals surface area contributed by atoms with Gasteiger partial charge in [-0.3, -0.25) is 4.79 Å². The van der Waals surface area contributed by atoms with E-state index in [0.29, 0.717) is 18.0 Å². The number of aryl methyl sites for hydroxylation is 1. The minimum absolute atomic E-state index is 0. The number of carbonyl (C=O) groups is 1. The monoisotopic (exact) mass is 321 g/mol. The first-order valence-corrected chi connectivity index (χ1v) is 7.14. The van der Waals surface area contributed by atoms with Crippen molar-refractivity contribution in [3.8, 4) is 5.69 Å². The van der Waals surface area contributed by atoms with Crippen LogP contribution in [0.3, 0.4) is 0 Å². The number of benzene rings is 1. The predicted molar refractivity (Wildman–Crippen MR) is 86.4 cm³/mol. The predicted octanol–water partition coefficient (Wildman–Crippen LogP) is 1.46. The van der Waals surface area contributed by atoms with Gasteiger partial charge in [0.15, 0.2) is 0 Å². The molecule has 7 heteroatoms. The number of hydrogen-bond donors (Lipinski definition) is 2. The summed E-state index contributed by atoms with van der Waals surface area (Å²) in [6.45, 7) is 2.45. The fourth-order valence-electron chi connectivity index (χ4n) is 2.38. The molecule has 2 aromatic rings. The van der Waals surface area contributed by atoms with E-state index in [4.69, 9.17) is 5.73 Å². The van der Waals surface area contributed by atoms with Crippen molar-refractivity contribution in [2.24, 2.45) is 11.7 Å². The van der Waals surface area contributed by atoms with Crippen molar-refractivity contribution in [2.45, 2.75) is 25.8 Å². The Hall–Kier alpha value is -1.92. The van der Waals surface area contributed by atoms with Gasteiger partial charge >= 0.3 is 0 Å². The molecular formula is C15H20ClN5O.